The van der Waals surface area contributed by atoms with E-state index < -0.39 is 35.7 Å². The summed E-state index contributed by atoms with van der Waals surface area (Å²) in [6, 6.07) is 15.5. The molecule has 3 N–H and O–H groups in total. The zero-order valence-corrected chi connectivity index (χ0v) is 19.8. The molecule has 1 atom stereocenters. The summed E-state index contributed by atoms with van der Waals surface area (Å²) in [7, 11) is 0. The fraction of sp³-hybridized carbons (Fsp3) is 0.148. The molecule has 9 heteroatoms. The van der Waals surface area contributed by atoms with Crippen LogP contribution in [0.3, 0.4) is 0 Å². The Morgan fingerprint density at radius 2 is 1.50 bits per heavy atom. The number of nitrogens with zero attached hydrogens (tertiary/aromatic N) is 1. The van der Waals surface area contributed by atoms with Crippen LogP contribution < -0.4 is 16.0 Å². The minimum absolute atomic E-state index is 0.0307. The van der Waals surface area contributed by atoms with Gasteiger partial charge in [-0.25, -0.2) is 9.69 Å². The van der Waals surface area contributed by atoms with Crippen LogP contribution in [0.2, 0.25) is 0 Å². The van der Waals surface area contributed by atoms with Crippen LogP contribution in [0.25, 0.3) is 0 Å². The van der Waals surface area contributed by atoms with E-state index in [1.165, 1.54) is 49.4 Å². The molecule has 3 aromatic rings. The monoisotopic (exact) mass is 485 g/mol. The number of imide groups is 1. The first-order valence-electron chi connectivity index (χ1n) is 11.1. The highest BCUT2D eigenvalue weighted by atomic mass is 16.5. The number of primary amides is 1. The van der Waals surface area contributed by atoms with Crippen molar-refractivity contribution in [2.75, 3.05) is 10.2 Å². The molecule has 0 radical (unpaired) electrons. The molecule has 1 unspecified atom stereocenters. The number of fused-ring (bicyclic) bond motifs is 1. The number of nitrogens with one attached hydrogen (secondary N) is 1. The second-order valence-electron chi connectivity index (χ2n) is 8.47. The van der Waals surface area contributed by atoms with Crippen molar-refractivity contribution in [3.63, 3.8) is 0 Å². The number of aryl methyl sites for hydroxylation is 2. The van der Waals surface area contributed by atoms with E-state index in [-0.39, 0.29) is 22.3 Å². The molecule has 1 aliphatic rings. The molecule has 0 saturated heterocycles. The van der Waals surface area contributed by atoms with Gasteiger partial charge in [-0.1, -0.05) is 12.1 Å². The smallest absolute Gasteiger partial charge is 0.338 e. The predicted molar refractivity (Wildman–Crippen MR) is 132 cm³/mol. The first-order chi connectivity index (χ1) is 17.1. The Morgan fingerprint density at radius 1 is 0.861 bits per heavy atom. The van der Waals surface area contributed by atoms with Crippen molar-refractivity contribution in [3.8, 4) is 0 Å². The van der Waals surface area contributed by atoms with Crippen LogP contribution in [0.5, 0.6) is 0 Å². The topological polar surface area (TPSA) is 136 Å². The molecule has 0 spiro atoms. The van der Waals surface area contributed by atoms with Crippen molar-refractivity contribution in [2.24, 2.45) is 5.73 Å². The molecule has 0 aliphatic carbocycles. The lowest BCUT2D eigenvalue weighted by molar-refractivity contribution is -0.123. The molecule has 9 nitrogen and oxygen atoms in total. The van der Waals surface area contributed by atoms with Gasteiger partial charge in [0.2, 0.25) is 5.91 Å². The van der Waals surface area contributed by atoms with Crippen molar-refractivity contribution in [1.82, 2.24) is 0 Å². The Bertz CT molecular complexity index is 1430. The number of hydrogen-bond donors (Lipinski definition) is 2. The van der Waals surface area contributed by atoms with Gasteiger partial charge in [0.1, 0.15) is 0 Å². The van der Waals surface area contributed by atoms with Crippen LogP contribution in [0, 0.1) is 13.8 Å². The average molecular weight is 485 g/mol. The summed E-state index contributed by atoms with van der Waals surface area (Å²) >= 11 is 0. The highest BCUT2D eigenvalue weighted by Crippen LogP contribution is 2.32. The van der Waals surface area contributed by atoms with Gasteiger partial charge >= 0.3 is 5.97 Å². The van der Waals surface area contributed by atoms with E-state index >= 15 is 0 Å². The standard InChI is InChI=1S/C27H23N3O6/c1-14-4-5-15(2)22(12-14)30-25(33)20-11-8-18(13-21(20)26(30)34)27(35)36-16(3)24(32)29-19-9-6-17(7-10-19)23(28)31/h4-13,16H,1-3H3,(H2,28,31)(H,29,32). The molecule has 0 aromatic heterocycles. The summed E-state index contributed by atoms with van der Waals surface area (Å²) in [4.78, 5) is 63.5. The lowest BCUT2D eigenvalue weighted by Gasteiger charge is -2.17. The van der Waals surface area contributed by atoms with Gasteiger partial charge in [-0.3, -0.25) is 19.2 Å². The van der Waals surface area contributed by atoms with Crippen molar-refractivity contribution < 1.29 is 28.7 Å². The quantitative estimate of drug-likeness (QED) is 0.406. The van der Waals surface area contributed by atoms with Gasteiger partial charge in [0.15, 0.2) is 6.10 Å². The summed E-state index contributed by atoms with van der Waals surface area (Å²) in [6.07, 6.45) is -1.16. The van der Waals surface area contributed by atoms with Crippen LogP contribution in [0.15, 0.2) is 60.7 Å². The molecule has 0 fully saturated rings. The van der Waals surface area contributed by atoms with Crippen molar-refractivity contribution in [1.29, 1.82) is 0 Å². The van der Waals surface area contributed by atoms with Crippen molar-refractivity contribution in [3.05, 3.63) is 94.0 Å². The number of hydrogen-bond acceptors (Lipinski definition) is 6. The number of amides is 4. The lowest BCUT2D eigenvalue weighted by atomic mass is 10.1. The van der Waals surface area contributed by atoms with Gasteiger partial charge in [-0.15, -0.1) is 0 Å². The zero-order chi connectivity index (χ0) is 26.1. The molecule has 0 saturated carbocycles. The summed E-state index contributed by atoms with van der Waals surface area (Å²) < 4.78 is 5.27. The van der Waals surface area contributed by atoms with Crippen molar-refractivity contribution in [2.45, 2.75) is 26.9 Å². The van der Waals surface area contributed by atoms with Crippen LogP contribution in [0.1, 0.15) is 59.5 Å². The largest absolute Gasteiger partial charge is 0.449 e. The third kappa shape index (κ3) is 4.58. The SMILES string of the molecule is Cc1ccc(C)c(N2C(=O)c3ccc(C(=O)OC(C)C(=O)Nc4ccc(C(N)=O)cc4)cc3C2=O)c1. The second kappa shape index (κ2) is 9.46. The summed E-state index contributed by atoms with van der Waals surface area (Å²) in [5.41, 5.74) is 8.32. The third-order valence-corrected chi connectivity index (χ3v) is 5.82. The molecule has 36 heavy (non-hydrogen) atoms. The van der Waals surface area contributed by atoms with Gasteiger partial charge in [-0.2, -0.15) is 0 Å². The first-order valence-corrected chi connectivity index (χ1v) is 11.1. The molecular formula is C27H23N3O6. The highest BCUT2D eigenvalue weighted by molar-refractivity contribution is 6.35. The summed E-state index contributed by atoms with van der Waals surface area (Å²) in [5, 5.41) is 2.58. The number of benzene rings is 3. The number of carbonyl (C=O) groups is 5. The molecule has 182 valence electrons. The Balaban J connectivity index is 1.48. The minimum atomic E-state index is -1.16. The molecule has 4 rings (SSSR count). The summed E-state index contributed by atoms with van der Waals surface area (Å²) in [5.74, 6) is -3.03. The fourth-order valence-electron chi connectivity index (χ4n) is 3.79. The van der Waals surface area contributed by atoms with Crippen LogP contribution in [-0.4, -0.2) is 35.7 Å². The van der Waals surface area contributed by atoms with E-state index in [0.29, 0.717) is 11.4 Å². The van der Waals surface area contributed by atoms with Gasteiger partial charge < -0.3 is 15.8 Å². The first kappa shape index (κ1) is 24.3. The van der Waals surface area contributed by atoms with E-state index in [1.54, 1.807) is 13.0 Å². The number of anilines is 2. The number of carbonyl (C=O) groups excluding carboxylic acids is 5. The molecule has 1 heterocycles. The Kier molecular flexibility index (Phi) is 6.39. The summed E-state index contributed by atoms with van der Waals surface area (Å²) in [6.45, 7) is 5.07. The highest BCUT2D eigenvalue weighted by Gasteiger charge is 2.38. The normalized spacial score (nSPS) is 13.2. The maximum Gasteiger partial charge on any atom is 0.338 e. The average Bonchev–Trinajstić information content (AvgIpc) is 3.10. The number of nitrogens with two attached hydrogens (primary N) is 1. The Hall–Kier alpha value is -4.79. The lowest BCUT2D eigenvalue weighted by Crippen LogP contribution is -2.30. The number of esters is 1. The predicted octanol–water partition coefficient (Wildman–Crippen LogP) is 3.39. The van der Waals surface area contributed by atoms with Gasteiger partial charge in [0, 0.05) is 11.3 Å². The van der Waals surface area contributed by atoms with Gasteiger partial charge in [-0.05, 0) is 80.4 Å². The molecule has 0 bridgehead atoms. The maximum atomic E-state index is 13.1. The Labute approximate surface area is 206 Å². The second-order valence-corrected chi connectivity index (χ2v) is 8.47. The minimum Gasteiger partial charge on any atom is -0.449 e. The van der Waals surface area contributed by atoms with Crippen LogP contribution in [0.4, 0.5) is 11.4 Å². The van der Waals surface area contributed by atoms with E-state index in [4.69, 9.17) is 10.5 Å². The zero-order valence-electron chi connectivity index (χ0n) is 19.8. The number of ether oxygens (including phenoxy) is 1. The molecular weight excluding hydrogens is 462 g/mol. The van der Waals surface area contributed by atoms with E-state index in [2.05, 4.69) is 5.32 Å². The third-order valence-electron chi connectivity index (χ3n) is 5.82. The van der Waals surface area contributed by atoms with Gasteiger partial charge in [0.25, 0.3) is 17.7 Å². The Morgan fingerprint density at radius 3 is 2.17 bits per heavy atom. The fourth-order valence-corrected chi connectivity index (χ4v) is 3.79. The van der Waals surface area contributed by atoms with Crippen molar-refractivity contribution >= 4 is 41.0 Å². The maximum absolute atomic E-state index is 13.1. The van der Waals surface area contributed by atoms with E-state index in [0.717, 1.165) is 16.0 Å². The van der Waals surface area contributed by atoms with E-state index in [9.17, 15) is 24.0 Å². The van der Waals surface area contributed by atoms with Gasteiger partial charge in [0.05, 0.1) is 22.4 Å². The molecule has 4 amide bonds. The molecule has 1 aliphatic heterocycles. The van der Waals surface area contributed by atoms with Crippen LogP contribution in [-0.2, 0) is 9.53 Å². The van der Waals surface area contributed by atoms with Crippen LogP contribution >= 0.6 is 0 Å². The number of rotatable bonds is 6. The molecule has 3 aromatic carbocycles. The van der Waals surface area contributed by atoms with E-state index in [1.807, 2.05) is 19.1 Å².